The predicted molar refractivity (Wildman–Crippen MR) is 153 cm³/mol. The van der Waals surface area contributed by atoms with Crippen LogP contribution < -0.4 is 9.62 Å². The maximum atomic E-state index is 12.8. The van der Waals surface area contributed by atoms with Crippen LogP contribution in [0.2, 0.25) is 0 Å². The molecule has 4 rings (SSSR count). The van der Waals surface area contributed by atoms with Gasteiger partial charge >= 0.3 is 0 Å². The molecule has 0 spiro atoms. The summed E-state index contributed by atoms with van der Waals surface area (Å²) in [4.78, 5) is 16.8. The zero-order valence-corrected chi connectivity index (χ0v) is 23.0. The van der Waals surface area contributed by atoms with Gasteiger partial charge in [-0.2, -0.15) is 0 Å². The second kappa shape index (κ2) is 11.2. The normalized spacial score (nSPS) is 11.2. The minimum absolute atomic E-state index is 0.182. The fourth-order valence-electron chi connectivity index (χ4n) is 3.85. The van der Waals surface area contributed by atoms with E-state index in [2.05, 4.69) is 32.9 Å². The molecular formula is C28H26IN3O3S. The third-order valence-electron chi connectivity index (χ3n) is 5.74. The Balaban J connectivity index is 1.42. The number of hydrogen-bond donors (Lipinski definition) is 1. The van der Waals surface area contributed by atoms with Crippen molar-refractivity contribution < 1.29 is 13.2 Å². The molecule has 0 bridgehead atoms. The number of aryl methyl sites for hydroxylation is 1. The van der Waals surface area contributed by atoms with Crippen molar-refractivity contribution in [2.45, 2.75) is 19.9 Å². The van der Waals surface area contributed by atoms with Gasteiger partial charge in [0.1, 0.15) is 0 Å². The van der Waals surface area contributed by atoms with Crippen molar-refractivity contribution in [2.24, 2.45) is 0 Å². The van der Waals surface area contributed by atoms with Crippen LogP contribution >= 0.6 is 22.6 Å². The molecule has 0 radical (unpaired) electrons. The summed E-state index contributed by atoms with van der Waals surface area (Å²) in [6.45, 7) is 2.08. The van der Waals surface area contributed by atoms with E-state index in [-0.39, 0.29) is 12.5 Å². The number of amides is 1. The topological polar surface area (TPSA) is 79.4 Å². The average molecular weight is 612 g/mol. The summed E-state index contributed by atoms with van der Waals surface area (Å²) in [6.07, 6.45) is 5.55. The SMILES string of the molecule is Cc1cc(I)ccc1N(Cc1ccc(C(=O)Nc2ccc(Cc3ccncc3)cc2)cc1)S(C)(=O)=O. The van der Waals surface area contributed by atoms with Gasteiger partial charge in [-0.25, -0.2) is 8.42 Å². The number of carbonyl (C=O) groups excluding carboxylic acids is 1. The Kier molecular flexibility index (Phi) is 8.05. The number of rotatable bonds is 8. The quantitative estimate of drug-likeness (QED) is 0.256. The standard InChI is InChI=1S/C28H26IN3O3S/c1-20-17-25(29)9-12-27(20)32(36(2,34)35)19-23-3-7-24(8-4-23)28(33)31-26-10-5-21(6-11-26)18-22-13-15-30-16-14-22/h3-17H,18-19H2,1-2H3,(H,31,33). The molecule has 0 aliphatic heterocycles. The van der Waals surface area contributed by atoms with Gasteiger partial charge in [-0.1, -0.05) is 24.3 Å². The van der Waals surface area contributed by atoms with Crippen LogP contribution in [-0.2, 0) is 23.0 Å². The molecule has 0 aliphatic carbocycles. The molecule has 0 unspecified atom stereocenters. The molecule has 1 aromatic heterocycles. The molecule has 0 saturated carbocycles. The predicted octanol–water partition coefficient (Wildman–Crippen LogP) is 5.80. The van der Waals surface area contributed by atoms with Crippen molar-refractivity contribution in [3.8, 4) is 0 Å². The highest BCUT2D eigenvalue weighted by atomic mass is 127. The second-order valence-electron chi connectivity index (χ2n) is 8.58. The van der Waals surface area contributed by atoms with Crippen LogP contribution in [0.4, 0.5) is 11.4 Å². The zero-order chi connectivity index (χ0) is 25.7. The van der Waals surface area contributed by atoms with E-state index in [4.69, 9.17) is 0 Å². The molecule has 0 fully saturated rings. The number of hydrogen-bond acceptors (Lipinski definition) is 4. The number of anilines is 2. The van der Waals surface area contributed by atoms with Gasteiger partial charge in [0.25, 0.3) is 5.91 Å². The summed E-state index contributed by atoms with van der Waals surface area (Å²) in [7, 11) is -3.49. The molecule has 0 saturated heterocycles. The third-order valence-corrected chi connectivity index (χ3v) is 7.54. The van der Waals surface area contributed by atoms with Gasteiger partial charge in [-0.05, 0) is 113 Å². The van der Waals surface area contributed by atoms with E-state index in [0.29, 0.717) is 16.9 Å². The van der Waals surface area contributed by atoms with Crippen molar-refractivity contribution >= 4 is 49.9 Å². The summed E-state index contributed by atoms with van der Waals surface area (Å²) in [5.41, 5.74) is 5.84. The van der Waals surface area contributed by atoms with Crippen LogP contribution in [0.5, 0.6) is 0 Å². The Morgan fingerprint density at radius 1 is 0.889 bits per heavy atom. The molecular weight excluding hydrogens is 585 g/mol. The summed E-state index contributed by atoms with van der Waals surface area (Å²) in [5.74, 6) is -0.225. The van der Waals surface area contributed by atoms with Crippen LogP contribution in [0.3, 0.4) is 0 Å². The highest BCUT2D eigenvalue weighted by Gasteiger charge is 2.20. The summed E-state index contributed by atoms with van der Waals surface area (Å²) in [5, 5.41) is 2.92. The number of sulfonamides is 1. The Labute approximate surface area is 225 Å². The lowest BCUT2D eigenvalue weighted by atomic mass is 10.1. The van der Waals surface area contributed by atoms with E-state index in [0.717, 1.165) is 26.7 Å². The van der Waals surface area contributed by atoms with Gasteiger partial charge in [0.15, 0.2) is 0 Å². The summed E-state index contributed by atoms with van der Waals surface area (Å²) < 4.78 is 27.5. The van der Waals surface area contributed by atoms with Gasteiger partial charge in [0.05, 0.1) is 18.5 Å². The van der Waals surface area contributed by atoms with E-state index in [9.17, 15) is 13.2 Å². The van der Waals surface area contributed by atoms with Crippen LogP contribution in [0, 0.1) is 10.5 Å². The highest BCUT2D eigenvalue weighted by molar-refractivity contribution is 14.1. The van der Waals surface area contributed by atoms with Crippen LogP contribution in [0.25, 0.3) is 0 Å². The molecule has 3 aromatic carbocycles. The van der Waals surface area contributed by atoms with Crippen molar-refractivity contribution in [3.63, 3.8) is 0 Å². The van der Waals surface area contributed by atoms with E-state index in [1.807, 2.05) is 61.5 Å². The molecule has 4 aromatic rings. The second-order valence-corrected chi connectivity index (χ2v) is 11.7. The molecule has 184 valence electrons. The Bertz CT molecular complexity index is 1460. The van der Waals surface area contributed by atoms with Crippen LogP contribution in [-0.4, -0.2) is 25.6 Å². The molecule has 6 nitrogen and oxygen atoms in total. The first-order valence-electron chi connectivity index (χ1n) is 11.3. The van der Waals surface area contributed by atoms with Gasteiger partial charge in [0.2, 0.25) is 10.0 Å². The van der Waals surface area contributed by atoms with E-state index >= 15 is 0 Å². The van der Waals surface area contributed by atoms with Gasteiger partial charge < -0.3 is 5.32 Å². The maximum Gasteiger partial charge on any atom is 0.255 e. The van der Waals surface area contributed by atoms with Gasteiger partial charge in [-0.3, -0.25) is 14.1 Å². The molecule has 1 amide bonds. The molecule has 0 atom stereocenters. The first-order chi connectivity index (χ1) is 17.2. The first kappa shape index (κ1) is 25.8. The number of nitrogens with one attached hydrogen (secondary N) is 1. The van der Waals surface area contributed by atoms with E-state index in [1.165, 1.54) is 16.1 Å². The van der Waals surface area contributed by atoms with Crippen molar-refractivity contribution in [3.05, 3.63) is 123 Å². The Hall–Kier alpha value is -3.24. The van der Waals surface area contributed by atoms with Gasteiger partial charge in [-0.15, -0.1) is 0 Å². The minimum Gasteiger partial charge on any atom is -0.322 e. The first-order valence-corrected chi connectivity index (χ1v) is 14.2. The lowest BCUT2D eigenvalue weighted by Crippen LogP contribution is -2.30. The number of aromatic nitrogens is 1. The molecule has 36 heavy (non-hydrogen) atoms. The monoisotopic (exact) mass is 611 g/mol. The van der Waals surface area contributed by atoms with Crippen molar-refractivity contribution in [1.82, 2.24) is 4.98 Å². The fraction of sp³-hybridized carbons (Fsp3) is 0.143. The molecule has 1 heterocycles. The number of halogens is 1. The molecule has 8 heteroatoms. The lowest BCUT2D eigenvalue weighted by Gasteiger charge is -2.24. The van der Waals surface area contributed by atoms with E-state index < -0.39 is 10.0 Å². The number of nitrogens with zero attached hydrogens (tertiary/aromatic N) is 2. The van der Waals surface area contributed by atoms with Crippen molar-refractivity contribution in [2.75, 3.05) is 15.9 Å². The van der Waals surface area contributed by atoms with Crippen LogP contribution in [0.1, 0.15) is 32.6 Å². The molecule has 1 N–H and O–H groups in total. The zero-order valence-electron chi connectivity index (χ0n) is 20.0. The fourth-order valence-corrected chi connectivity index (χ4v) is 5.45. The lowest BCUT2D eigenvalue weighted by molar-refractivity contribution is 0.102. The number of pyridine rings is 1. The van der Waals surface area contributed by atoms with Crippen molar-refractivity contribution in [1.29, 1.82) is 0 Å². The number of carbonyl (C=O) groups is 1. The maximum absolute atomic E-state index is 12.8. The Morgan fingerprint density at radius 2 is 1.50 bits per heavy atom. The van der Waals surface area contributed by atoms with Gasteiger partial charge in [0, 0.05) is 27.2 Å². The summed E-state index contributed by atoms with van der Waals surface area (Å²) in [6, 6.07) is 24.4. The minimum atomic E-state index is -3.49. The highest BCUT2D eigenvalue weighted by Crippen LogP contribution is 2.26. The largest absolute Gasteiger partial charge is 0.322 e. The third kappa shape index (κ3) is 6.70. The average Bonchev–Trinajstić information content (AvgIpc) is 2.84. The summed E-state index contributed by atoms with van der Waals surface area (Å²) >= 11 is 2.21. The van der Waals surface area contributed by atoms with E-state index in [1.54, 1.807) is 36.7 Å². The molecule has 0 aliphatic rings. The number of benzene rings is 3. The van der Waals surface area contributed by atoms with Crippen LogP contribution in [0.15, 0.2) is 91.3 Å². The Morgan fingerprint density at radius 3 is 2.11 bits per heavy atom. The smallest absolute Gasteiger partial charge is 0.255 e.